The highest BCUT2D eigenvalue weighted by molar-refractivity contribution is 7.18. The van der Waals surface area contributed by atoms with Crippen LogP contribution >= 0.6 is 11.3 Å². The summed E-state index contributed by atoms with van der Waals surface area (Å²) in [5.41, 5.74) is 5.34. The van der Waals surface area contributed by atoms with E-state index in [1.54, 1.807) is 17.5 Å². The normalized spacial score (nSPS) is 13.6. The summed E-state index contributed by atoms with van der Waals surface area (Å²) in [4.78, 5) is 40.8. The molecule has 1 amide bonds. The average Bonchev–Trinajstić information content (AvgIpc) is 3.08. The maximum atomic E-state index is 13.3. The van der Waals surface area contributed by atoms with Crippen molar-refractivity contribution in [1.82, 2.24) is 19.6 Å². The van der Waals surface area contributed by atoms with Gasteiger partial charge in [0.15, 0.2) is 5.82 Å². The Labute approximate surface area is 164 Å². The van der Waals surface area contributed by atoms with Gasteiger partial charge in [0.25, 0.3) is 5.56 Å². The van der Waals surface area contributed by atoms with Crippen LogP contribution in [0.4, 0.5) is 0 Å². The van der Waals surface area contributed by atoms with E-state index in [9.17, 15) is 9.59 Å². The summed E-state index contributed by atoms with van der Waals surface area (Å²) in [6.07, 6.45) is 5.63. The number of para-hydroxylation sites is 2. The minimum Gasteiger partial charge on any atom is -0.274 e. The minimum absolute atomic E-state index is 0.260. The van der Waals surface area contributed by atoms with Gasteiger partial charge in [0.2, 0.25) is 5.91 Å². The highest BCUT2D eigenvalue weighted by atomic mass is 32.1. The molecule has 0 unspecified atom stereocenters. The van der Waals surface area contributed by atoms with Crippen molar-refractivity contribution in [1.29, 1.82) is 0 Å². The monoisotopic (exact) mass is 391 g/mol. The number of hydrogen-bond acceptors (Lipinski definition) is 6. The van der Waals surface area contributed by atoms with Crippen LogP contribution in [-0.2, 0) is 17.6 Å². The highest BCUT2D eigenvalue weighted by Gasteiger charge is 2.23. The van der Waals surface area contributed by atoms with Crippen molar-refractivity contribution < 1.29 is 4.79 Å². The Morgan fingerprint density at radius 2 is 1.93 bits per heavy atom. The molecule has 3 heterocycles. The van der Waals surface area contributed by atoms with E-state index in [0.29, 0.717) is 27.3 Å². The topological polar surface area (TPSA) is 89.8 Å². The molecule has 1 N–H and O–H groups in total. The predicted molar refractivity (Wildman–Crippen MR) is 109 cm³/mol. The molecule has 3 aromatic heterocycles. The number of carbonyl (C=O) groups excluding carboxylic acids is 1. The van der Waals surface area contributed by atoms with Crippen molar-refractivity contribution in [3.63, 3.8) is 0 Å². The molecule has 1 aliphatic carbocycles. The van der Waals surface area contributed by atoms with E-state index < -0.39 is 0 Å². The van der Waals surface area contributed by atoms with Crippen LogP contribution < -0.4 is 11.0 Å². The highest BCUT2D eigenvalue weighted by Crippen LogP contribution is 2.34. The summed E-state index contributed by atoms with van der Waals surface area (Å²) >= 11 is 1.57. The molecule has 5 rings (SSSR count). The fourth-order valence-electron chi connectivity index (χ4n) is 3.70. The average molecular weight is 391 g/mol. The van der Waals surface area contributed by atoms with Crippen LogP contribution in [0.25, 0.3) is 32.8 Å². The number of fused-ring (bicyclic) bond motifs is 4. The molecule has 0 spiro atoms. The van der Waals surface area contributed by atoms with Gasteiger partial charge in [-0.05, 0) is 43.4 Å². The lowest BCUT2D eigenvalue weighted by molar-refractivity contribution is -0.115. The largest absolute Gasteiger partial charge is 0.281 e. The molecule has 4 aromatic rings. The SMILES string of the molecule is CC(=O)Nn1c(-c2cnc3ccccc3n2)nc2sc3c(c2c1=O)CCCC3. The van der Waals surface area contributed by atoms with Crippen molar-refractivity contribution in [3.05, 3.63) is 51.3 Å². The summed E-state index contributed by atoms with van der Waals surface area (Å²) in [7, 11) is 0. The number of rotatable bonds is 2. The fraction of sp³-hybridized carbons (Fsp3) is 0.250. The number of nitrogens with one attached hydrogen (secondary N) is 1. The number of thiophene rings is 1. The van der Waals surface area contributed by atoms with Gasteiger partial charge in [0, 0.05) is 11.8 Å². The maximum absolute atomic E-state index is 13.3. The van der Waals surface area contributed by atoms with Crippen LogP contribution in [0.15, 0.2) is 35.3 Å². The summed E-state index contributed by atoms with van der Waals surface area (Å²) < 4.78 is 1.21. The predicted octanol–water partition coefficient (Wildman–Crippen LogP) is 3.04. The molecule has 140 valence electrons. The lowest BCUT2D eigenvalue weighted by Gasteiger charge is -2.13. The third-order valence-corrected chi connectivity index (χ3v) is 6.12. The summed E-state index contributed by atoms with van der Waals surface area (Å²) in [5, 5.41) is 0.617. The molecule has 0 aliphatic heterocycles. The fourth-order valence-corrected chi connectivity index (χ4v) is 4.95. The first kappa shape index (κ1) is 17.0. The molecule has 0 bridgehead atoms. The van der Waals surface area contributed by atoms with Crippen molar-refractivity contribution in [2.45, 2.75) is 32.6 Å². The van der Waals surface area contributed by atoms with Crippen LogP contribution in [0.5, 0.6) is 0 Å². The molecule has 0 radical (unpaired) electrons. The molecule has 0 atom stereocenters. The summed E-state index contributed by atoms with van der Waals surface area (Å²) in [6, 6.07) is 7.50. The Morgan fingerprint density at radius 3 is 2.75 bits per heavy atom. The first-order valence-electron chi connectivity index (χ1n) is 9.19. The van der Waals surface area contributed by atoms with Crippen molar-refractivity contribution >= 4 is 38.5 Å². The molecule has 1 aliphatic rings. The summed E-state index contributed by atoms with van der Waals surface area (Å²) in [5.74, 6) is -0.0492. The first-order chi connectivity index (χ1) is 13.6. The van der Waals surface area contributed by atoms with Gasteiger partial charge in [-0.2, -0.15) is 4.68 Å². The number of benzene rings is 1. The van der Waals surface area contributed by atoms with E-state index in [-0.39, 0.29) is 11.5 Å². The van der Waals surface area contributed by atoms with Gasteiger partial charge < -0.3 is 0 Å². The van der Waals surface area contributed by atoms with Crippen LogP contribution in [0, 0.1) is 0 Å². The van der Waals surface area contributed by atoms with Crippen molar-refractivity contribution in [3.8, 4) is 11.5 Å². The third kappa shape index (κ3) is 2.68. The number of amides is 1. The van der Waals surface area contributed by atoms with Crippen molar-refractivity contribution in [2.24, 2.45) is 0 Å². The van der Waals surface area contributed by atoms with Gasteiger partial charge in [-0.3, -0.25) is 20.0 Å². The zero-order valence-corrected chi connectivity index (χ0v) is 16.0. The molecule has 8 heteroatoms. The van der Waals surface area contributed by atoms with Gasteiger partial charge in [0.05, 0.1) is 22.6 Å². The number of aryl methyl sites for hydroxylation is 2. The van der Waals surface area contributed by atoms with E-state index >= 15 is 0 Å². The van der Waals surface area contributed by atoms with Gasteiger partial charge >= 0.3 is 0 Å². The van der Waals surface area contributed by atoms with E-state index in [2.05, 4.69) is 15.4 Å². The Bertz CT molecular complexity index is 1310. The van der Waals surface area contributed by atoms with Gasteiger partial charge in [-0.15, -0.1) is 11.3 Å². The number of hydrogen-bond donors (Lipinski definition) is 1. The van der Waals surface area contributed by atoms with Crippen LogP contribution in [0.1, 0.15) is 30.2 Å². The van der Waals surface area contributed by atoms with Gasteiger partial charge in [-0.25, -0.2) is 9.97 Å². The molecular formula is C20H17N5O2S. The van der Waals surface area contributed by atoms with E-state index in [0.717, 1.165) is 36.8 Å². The Morgan fingerprint density at radius 1 is 1.14 bits per heavy atom. The van der Waals surface area contributed by atoms with Crippen LogP contribution in [0.2, 0.25) is 0 Å². The van der Waals surface area contributed by atoms with Crippen LogP contribution in [-0.4, -0.2) is 25.5 Å². The maximum Gasteiger partial charge on any atom is 0.281 e. The molecule has 1 aromatic carbocycles. The molecule has 28 heavy (non-hydrogen) atoms. The van der Waals surface area contributed by atoms with Crippen LogP contribution in [0.3, 0.4) is 0 Å². The standard InChI is InChI=1S/C20H17N5O2S/c1-11(26)24-25-18(15-10-21-13-7-3-4-8-14(13)22-15)23-19-17(20(25)27)12-6-2-5-9-16(12)28-19/h3-4,7-8,10H,2,5-6,9H2,1H3,(H,24,26). The second kappa shape index (κ2) is 6.49. The number of aromatic nitrogens is 4. The molecule has 0 saturated heterocycles. The second-order valence-corrected chi connectivity index (χ2v) is 7.96. The summed E-state index contributed by atoms with van der Waals surface area (Å²) in [6.45, 7) is 1.37. The van der Waals surface area contributed by atoms with Crippen molar-refractivity contribution in [2.75, 3.05) is 5.43 Å². The van der Waals surface area contributed by atoms with Gasteiger partial charge in [-0.1, -0.05) is 12.1 Å². The smallest absolute Gasteiger partial charge is 0.274 e. The molecule has 7 nitrogen and oxygen atoms in total. The molecule has 0 saturated carbocycles. The quantitative estimate of drug-likeness (QED) is 0.567. The second-order valence-electron chi connectivity index (χ2n) is 6.88. The lowest BCUT2D eigenvalue weighted by atomic mass is 9.97. The van der Waals surface area contributed by atoms with E-state index in [1.807, 2.05) is 24.3 Å². The van der Waals surface area contributed by atoms with Gasteiger partial charge in [0.1, 0.15) is 10.5 Å². The van der Waals surface area contributed by atoms with E-state index in [4.69, 9.17) is 4.98 Å². The third-order valence-electron chi connectivity index (χ3n) is 4.94. The lowest BCUT2D eigenvalue weighted by Crippen LogP contribution is -2.34. The Hall–Kier alpha value is -3.13. The molecule has 0 fully saturated rings. The van der Waals surface area contributed by atoms with E-state index in [1.165, 1.54) is 16.5 Å². The minimum atomic E-state index is -0.345. The number of carbonyl (C=O) groups is 1. The zero-order valence-electron chi connectivity index (χ0n) is 15.2. The molecular weight excluding hydrogens is 374 g/mol. The first-order valence-corrected chi connectivity index (χ1v) is 10.0. The Kier molecular flexibility index (Phi) is 3.94. The Balaban J connectivity index is 1.81. The zero-order chi connectivity index (χ0) is 19.3. The number of nitrogens with zero attached hydrogens (tertiary/aromatic N) is 4.